The van der Waals surface area contributed by atoms with Gasteiger partial charge in [-0.15, -0.1) is 0 Å². The lowest BCUT2D eigenvalue weighted by molar-refractivity contribution is -0.137. The van der Waals surface area contributed by atoms with Gasteiger partial charge >= 0.3 is 6.18 Å². The minimum atomic E-state index is -4.39. The van der Waals surface area contributed by atoms with Crippen LogP contribution in [0.1, 0.15) is 33.0 Å². The van der Waals surface area contributed by atoms with E-state index in [1.165, 1.54) is 36.4 Å². The summed E-state index contributed by atoms with van der Waals surface area (Å²) in [5, 5.41) is 2.64. The fourth-order valence-corrected chi connectivity index (χ4v) is 3.60. The van der Waals surface area contributed by atoms with E-state index < -0.39 is 23.5 Å². The number of amides is 1. The molecule has 0 saturated heterocycles. The van der Waals surface area contributed by atoms with E-state index in [9.17, 15) is 22.4 Å². The number of hydrogen-bond acceptors (Lipinski definition) is 3. The van der Waals surface area contributed by atoms with Gasteiger partial charge in [0.1, 0.15) is 11.6 Å². The highest BCUT2D eigenvalue weighted by molar-refractivity contribution is 6.02. The molecule has 3 aromatic carbocycles. The molecular weight excluding hydrogens is 460 g/mol. The summed E-state index contributed by atoms with van der Waals surface area (Å²) in [5.41, 5.74) is 1.48. The molecule has 0 fully saturated rings. The average Bonchev–Trinajstić information content (AvgIpc) is 3.30. The van der Waals surface area contributed by atoms with Gasteiger partial charge in [-0.1, -0.05) is 42.5 Å². The van der Waals surface area contributed by atoms with Crippen LogP contribution in [0.15, 0.2) is 95.4 Å². The molecule has 0 spiro atoms. The first-order valence-corrected chi connectivity index (χ1v) is 10.8. The lowest BCUT2D eigenvalue weighted by Crippen LogP contribution is -2.22. The summed E-state index contributed by atoms with van der Waals surface area (Å²) in [6.07, 6.45) is -4.39. The molecule has 0 aliphatic rings. The van der Waals surface area contributed by atoms with E-state index in [1.54, 1.807) is 12.1 Å². The van der Waals surface area contributed by atoms with E-state index >= 15 is 0 Å². The summed E-state index contributed by atoms with van der Waals surface area (Å²) in [6.45, 7) is 1.24. The molecule has 1 amide bonds. The monoisotopic (exact) mass is 482 g/mol. The molecule has 0 saturated carbocycles. The van der Waals surface area contributed by atoms with Crippen LogP contribution in [0.25, 0.3) is 0 Å². The zero-order valence-electron chi connectivity index (χ0n) is 18.6. The summed E-state index contributed by atoms with van der Waals surface area (Å²) in [4.78, 5) is 14.5. The predicted molar refractivity (Wildman–Crippen MR) is 124 cm³/mol. The van der Waals surface area contributed by atoms with Crippen LogP contribution in [-0.2, 0) is 25.8 Å². The molecule has 0 bridgehead atoms. The van der Waals surface area contributed by atoms with E-state index in [2.05, 4.69) is 5.32 Å². The Balaban J connectivity index is 1.47. The Morgan fingerprint density at radius 3 is 2.03 bits per heavy atom. The predicted octanol–water partition coefficient (Wildman–Crippen LogP) is 6.89. The van der Waals surface area contributed by atoms with Crippen LogP contribution in [-0.4, -0.2) is 10.8 Å². The molecule has 1 N–H and O–H groups in total. The van der Waals surface area contributed by atoms with Crippen molar-refractivity contribution in [1.29, 1.82) is 0 Å². The summed E-state index contributed by atoms with van der Waals surface area (Å²) in [5.74, 6) is -0.259. The van der Waals surface area contributed by atoms with Crippen LogP contribution < -0.4 is 5.32 Å². The number of halogens is 4. The van der Waals surface area contributed by atoms with Gasteiger partial charge in [0.2, 0.25) is 0 Å². The second-order valence-corrected chi connectivity index (χ2v) is 8.05. The average molecular weight is 482 g/mol. The van der Waals surface area contributed by atoms with Gasteiger partial charge in [0, 0.05) is 18.8 Å². The number of anilines is 1. The summed E-state index contributed by atoms with van der Waals surface area (Å²) in [6, 6.07) is 23.3. The summed E-state index contributed by atoms with van der Waals surface area (Å²) >= 11 is 0. The third-order valence-corrected chi connectivity index (χ3v) is 5.30. The minimum absolute atomic E-state index is 0.0958. The zero-order chi connectivity index (χ0) is 24.8. The van der Waals surface area contributed by atoms with Gasteiger partial charge in [0.15, 0.2) is 5.76 Å². The SMILES string of the molecule is O=C(Nc1ccc(F)cc1)c1ccc(CN(Cc2ccccc2)Cc2ccc(C(F)(F)F)cc2)o1. The van der Waals surface area contributed by atoms with Crippen molar-refractivity contribution in [2.24, 2.45) is 0 Å². The quantitative estimate of drug-likeness (QED) is 0.278. The zero-order valence-corrected chi connectivity index (χ0v) is 18.6. The molecule has 0 aliphatic carbocycles. The van der Waals surface area contributed by atoms with Gasteiger partial charge in [0.25, 0.3) is 5.91 Å². The molecular formula is C27H22F4N2O2. The van der Waals surface area contributed by atoms with Crippen molar-refractivity contribution >= 4 is 11.6 Å². The molecule has 8 heteroatoms. The molecule has 1 aromatic heterocycles. The topological polar surface area (TPSA) is 45.5 Å². The highest BCUT2D eigenvalue weighted by Crippen LogP contribution is 2.29. The molecule has 4 nitrogen and oxygen atoms in total. The largest absolute Gasteiger partial charge is 0.455 e. The maximum Gasteiger partial charge on any atom is 0.416 e. The Morgan fingerprint density at radius 1 is 0.771 bits per heavy atom. The highest BCUT2D eigenvalue weighted by atomic mass is 19.4. The Morgan fingerprint density at radius 2 is 1.40 bits per heavy atom. The molecule has 4 rings (SSSR count). The number of nitrogens with zero attached hydrogens (tertiary/aromatic N) is 1. The number of benzene rings is 3. The van der Waals surface area contributed by atoms with Gasteiger partial charge in [-0.05, 0) is 59.7 Å². The highest BCUT2D eigenvalue weighted by Gasteiger charge is 2.30. The third-order valence-electron chi connectivity index (χ3n) is 5.30. The molecule has 0 atom stereocenters. The van der Waals surface area contributed by atoms with Crippen molar-refractivity contribution in [2.45, 2.75) is 25.8 Å². The van der Waals surface area contributed by atoms with E-state index in [0.717, 1.165) is 23.3 Å². The van der Waals surface area contributed by atoms with Crippen molar-refractivity contribution < 1.29 is 26.8 Å². The summed E-state index contributed by atoms with van der Waals surface area (Å²) < 4.78 is 57.5. The lowest BCUT2D eigenvalue weighted by atomic mass is 10.1. The normalized spacial score (nSPS) is 11.6. The summed E-state index contributed by atoms with van der Waals surface area (Å²) in [7, 11) is 0. The molecule has 180 valence electrons. The van der Waals surface area contributed by atoms with Crippen LogP contribution in [0.4, 0.5) is 23.2 Å². The van der Waals surface area contributed by atoms with Crippen LogP contribution in [0.3, 0.4) is 0 Å². The van der Waals surface area contributed by atoms with Crippen molar-refractivity contribution in [1.82, 2.24) is 4.90 Å². The Kier molecular flexibility index (Phi) is 7.31. The molecule has 35 heavy (non-hydrogen) atoms. The van der Waals surface area contributed by atoms with Gasteiger partial charge in [-0.25, -0.2) is 4.39 Å². The van der Waals surface area contributed by atoms with E-state index in [-0.39, 0.29) is 5.76 Å². The van der Waals surface area contributed by atoms with Crippen LogP contribution >= 0.6 is 0 Å². The van der Waals surface area contributed by atoms with Crippen LogP contribution in [0, 0.1) is 5.82 Å². The Bertz CT molecular complexity index is 1250. The van der Waals surface area contributed by atoms with E-state index in [4.69, 9.17) is 4.42 Å². The minimum Gasteiger partial charge on any atom is -0.455 e. The van der Waals surface area contributed by atoms with E-state index in [0.29, 0.717) is 31.1 Å². The Labute approximate surface area is 199 Å². The fraction of sp³-hybridized carbons (Fsp3) is 0.148. The van der Waals surface area contributed by atoms with Gasteiger partial charge in [-0.2, -0.15) is 13.2 Å². The molecule has 0 unspecified atom stereocenters. The second-order valence-electron chi connectivity index (χ2n) is 8.05. The van der Waals surface area contributed by atoms with Crippen molar-refractivity contribution in [2.75, 3.05) is 5.32 Å². The van der Waals surface area contributed by atoms with E-state index in [1.807, 2.05) is 35.2 Å². The smallest absolute Gasteiger partial charge is 0.416 e. The fourth-order valence-electron chi connectivity index (χ4n) is 3.60. The van der Waals surface area contributed by atoms with Gasteiger partial charge in [0.05, 0.1) is 12.1 Å². The number of rotatable bonds is 8. The number of nitrogens with one attached hydrogen (secondary N) is 1. The van der Waals surface area contributed by atoms with Crippen molar-refractivity contribution in [3.05, 3.63) is 125 Å². The van der Waals surface area contributed by atoms with Crippen molar-refractivity contribution in [3.8, 4) is 0 Å². The second kappa shape index (κ2) is 10.6. The maximum absolute atomic E-state index is 13.1. The number of furan rings is 1. The molecule has 1 heterocycles. The molecule has 4 aromatic rings. The standard InChI is InChI=1S/C27H22F4N2O2/c28-22-10-12-23(13-11-22)32-26(34)25-15-14-24(35-25)18-33(16-19-4-2-1-3-5-19)17-20-6-8-21(9-7-20)27(29,30)31/h1-15H,16-18H2,(H,32,34). The van der Waals surface area contributed by atoms with Crippen LogP contribution in [0.2, 0.25) is 0 Å². The molecule has 0 aliphatic heterocycles. The first kappa shape index (κ1) is 24.2. The molecule has 0 radical (unpaired) electrons. The van der Waals surface area contributed by atoms with Crippen molar-refractivity contribution in [3.63, 3.8) is 0 Å². The van der Waals surface area contributed by atoms with Gasteiger partial charge < -0.3 is 9.73 Å². The number of hydrogen-bond donors (Lipinski definition) is 1. The number of carbonyl (C=O) groups is 1. The Hall–Kier alpha value is -3.91. The third kappa shape index (κ3) is 6.80. The maximum atomic E-state index is 13.1. The lowest BCUT2D eigenvalue weighted by Gasteiger charge is -2.22. The first-order chi connectivity index (χ1) is 16.8. The first-order valence-electron chi connectivity index (χ1n) is 10.8. The van der Waals surface area contributed by atoms with Crippen LogP contribution in [0.5, 0.6) is 0 Å². The number of alkyl halides is 3. The van der Waals surface area contributed by atoms with Gasteiger partial charge in [-0.3, -0.25) is 9.69 Å². The number of carbonyl (C=O) groups excluding carboxylic acids is 1.